The predicted molar refractivity (Wildman–Crippen MR) is 291 cm³/mol. The molecule has 0 spiro atoms. The van der Waals surface area contributed by atoms with Crippen molar-refractivity contribution in [3.63, 3.8) is 0 Å². The molecule has 0 aliphatic rings. The maximum absolute atomic E-state index is 6.07. The van der Waals surface area contributed by atoms with Crippen LogP contribution in [0.2, 0.25) is 0 Å². The number of rotatable bonds is 4. The molecule has 68 heavy (non-hydrogen) atoms. The van der Waals surface area contributed by atoms with Crippen LogP contribution in [0.5, 0.6) is 11.5 Å². The van der Waals surface area contributed by atoms with Crippen molar-refractivity contribution in [1.29, 1.82) is 0 Å². The van der Waals surface area contributed by atoms with E-state index < -0.39 is 0 Å². The highest BCUT2D eigenvalue weighted by Crippen LogP contribution is 2.58. The van der Waals surface area contributed by atoms with Gasteiger partial charge in [-0.3, -0.25) is 0 Å². The van der Waals surface area contributed by atoms with Crippen LogP contribution < -0.4 is 9.47 Å². The molecule has 312 valence electrons. The average molecular weight is 861 g/mol. The van der Waals surface area contributed by atoms with Crippen LogP contribution in [0, 0.1) is 0 Å². The Morgan fingerprint density at radius 1 is 0.206 bits per heavy atom. The van der Waals surface area contributed by atoms with Gasteiger partial charge >= 0.3 is 0 Å². The Balaban J connectivity index is 1.09. The van der Waals surface area contributed by atoms with Crippen LogP contribution in [-0.2, 0) is 0 Å². The number of fused-ring (bicyclic) bond motifs is 16. The number of methoxy groups -OCH3 is 2. The average Bonchev–Trinajstić information content (AvgIpc) is 4.12. The van der Waals surface area contributed by atoms with Crippen LogP contribution in [0.3, 0.4) is 0 Å². The van der Waals surface area contributed by atoms with Gasteiger partial charge in [0.25, 0.3) is 0 Å². The fourth-order valence-electron chi connectivity index (χ4n) is 13.9. The van der Waals surface area contributed by atoms with E-state index in [-0.39, 0.29) is 0 Å². The summed E-state index contributed by atoms with van der Waals surface area (Å²) < 4.78 is 12.1. The Kier molecular flexibility index (Phi) is 6.37. The molecule has 0 heterocycles. The van der Waals surface area contributed by atoms with Gasteiger partial charge in [0.1, 0.15) is 11.5 Å². The summed E-state index contributed by atoms with van der Waals surface area (Å²) in [5.74, 6) is 1.76. The predicted octanol–water partition coefficient (Wildman–Crippen LogP) is 18.4. The lowest BCUT2D eigenvalue weighted by Crippen LogP contribution is -1.88. The highest BCUT2D eigenvalue weighted by atomic mass is 16.5. The molecule has 0 bridgehead atoms. The van der Waals surface area contributed by atoms with Crippen LogP contribution in [-0.4, -0.2) is 14.2 Å². The third kappa shape index (κ3) is 3.99. The van der Waals surface area contributed by atoms with Gasteiger partial charge < -0.3 is 9.47 Å². The normalized spacial score (nSPS) is 12.9. The Hall–Kier alpha value is -8.72. The highest BCUT2D eigenvalue weighted by molar-refractivity contribution is 6.54. The van der Waals surface area contributed by atoms with Gasteiger partial charge in [0.15, 0.2) is 0 Å². The minimum Gasteiger partial charge on any atom is -0.497 e. The van der Waals surface area contributed by atoms with Gasteiger partial charge in [-0.05, 0) is 197 Å². The summed E-state index contributed by atoms with van der Waals surface area (Å²) in [7, 11) is 3.58. The molecule has 0 aliphatic carbocycles. The maximum Gasteiger partial charge on any atom is 0.120 e. The number of ether oxygens (including phenoxy) is 2. The van der Waals surface area contributed by atoms with E-state index in [4.69, 9.17) is 9.47 Å². The van der Waals surface area contributed by atoms with Crippen molar-refractivity contribution in [3.05, 3.63) is 182 Å². The monoisotopic (exact) mass is 860 g/mol. The fourth-order valence-corrected chi connectivity index (χ4v) is 13.9. The molecule has 2 nitrogen and oxygen atoms in total. The third-order valence-electron chi connectivity index (χ3n) is 16.3. The standard InChI is InChI=1S/C66H36O2/c1-67-35-29-49-37-17-9-11-19-39(37)61-59(49)51(31-35)53(33-13-5-3-6-14-33)63-45-25-21-41-44-24-28-48-58-46(26-22-42(56(44)58)43-23-27-47(65(61)63)57(45)55(41)43)64-54(34-15-7-4-8-16-34)52-32-36(68-2)30-50-38-18-10-12-20-40(38)62(60(50)52)66(48)64/h3-32H,1-2H3. The van der Waals surface area contributed by atoms with Crippen LogP contribution >= 0.6 is 0 Å². The zero-order valence-corrected chi connectivity index (χ0v) is 37.1. The summed E-state index contributed by atoms with van der Waals surface area (Å²) in [4.78, 5) is 0. The van der Waals surface area contributed by atoms with E-state index in [9.17, 15) is 0 Å². The van der Waals surface area contributed by atoms with Crippen molar-refractivity contribution in [2.45, 2.75) is 0 Å². The van der Waals surface area contributed by atoms with E-state index in [2.05, 4.69) is 182 Å². The Morgan fingerprint density at radius 3 is 0.853 bits per heavy atom. The molecular weight excluding hydrogens is 825 g/mol. The SMILES string of the molecule is COc1cc2c(-c3ccccc3)c3c4ccc5c6ccc7c8c(ccc(c9ccc(c4c59)c3c3c4ccccc4c(c1)c23)c68)c1c(-c2ccccc2)c2cc(OC)cc3c4ccccc4c(c23)c71. The van der Waals surface area contributed by atoms with E-state index in [0.29, 0.717) is 0 Å². The summed E-state index contributed by atoms with van der Waals surface area (Å²) in [6, 6.07) is 68.6. The minimum absolute atomic E-state index is 0.880. The Morgan fingerprint density at radius 2 is 0.471 bits per heavy atom. The van der Waals surface area contributed by atoms with Crippen LogP contribution in [0.25, 0.3) is 173 Å². The summed E-state index contributed by atoms with van der Waals surface area (Å²) in [6.45, 7) is 0. The van der Waals surface area contributed by atoms with Crippen LogP contribution in [0.1, 0.15) is 0 Å². The van der Waals surface area contributed by atoms with E-state index in [1.807, 2.05) is 0 Å². The molecule has 0 atom stereocenters. The topological polar surface area (TPSA) is 18.5 Å². The first-order valence-electron chi connectivity index (χ1n) is 23.7. The summed E-state index contributed by atoms with van der Waals surface area (Å²) in [6.07, 6.45) is 0. The van der Waals surface area contributed by atoms with Gasteiger partial charge in [0, 0.05) is 0 Å². The fraction of sp³-hybridized carbons (Fsp3) is 0.0303. The van der Waals surface area contributed by atoms with Gasteiger partial charge in [0.2, 0.25) is 0 Å². The first-order chi connectivity index (χ1) is 33.7. The first kappa shape index (κ1) is 35.5. The smallest absolute Gasteiger partial charge is 0.120 e. The second-order valence-electron chi connectivity index (χ2n) is 19.2. The van der Waals surface area contributed by atoms with E-state index in [0.717, 1.165) is 11.5 Å². The van der Waals surface area contributed by atoms with Gasteiger partial charge in [-0.15, -0.1) is 0 Å². The molecule has 17 rings (SSSR count). The van der Waals surface area contributed by atoms with E-state index >= 15 is 0 Å². The zero-order chi connectivity index (χ0) is 44.3. The molecule has 2 heteroatoms. The minimum atomic E-state index is 0.880. The van der Waals surface area contributed by atoms with Gasteiger partial charge in [-0.1, -0.05) is 158 Å². The molecule has 0 N–H and O–H groups in total. The van der Waals surface area contributed by atoms with E-state index in [1.54, 1.807) is 14.2 Å². The van der Waals surface area contributed by atoms with Crippen molar-refractivity contribution in [1.82, 2.24) is 0 Å². The van der Waals surface area contributed by atoms with Gasteiger partial charge in [0.05, 0.1) is 14.2 Å². The zero-order valence-electron chi connectivity index (χ0n) is 37.1. The molecule has 17 aromatic carbocycles. The van der Waals surface area contributed by atoms with Crippen molar-refractivity contribution < 1.29 is 9.47 Å². The van der Waals surface area contributed by atoms with Crippen molar-refractivity contribution >= 4 is 151 Å². The molecule has 0 unspecified atom stereocenters. The van der Waals surface area contributed by atoms with Crippen LogP contribution in [0.15, 0.2) is 182 Å². The number of hydrogen-bond donors (Lipinski definition) is 0. The number of benzene rings is 13. The Labute approximate surface area is 388 Å². The summed E-state index contributed by atoms with van der Waals surface area (Å²) in [5.41, 5.74) is 4.98. The largest absolute Gasteiger partial charge is 0.497 e. The summed E-state index contributed by atoms with van der Waals surface area (Å²) in [5, 5.41) is 36.6. The molecule has 0 aliphatic heterocycles. The molecule has 17 aromatic rings. The lowest BCUT2D eigenvalue weighted by molar-refractivity contribution is 0.416. The molecule has 0 radical (unpaired) electrons. The third-order valence-corrected chi connectivity index (χ3v) is 16.3. The second kappa shape index (κ2) is 12.2. The lowest BCUT2D eigenvalue weighted by atomic mass is 9.87. The molecule has 0 saturated carbocycles. The highest BCUT2D eigenvalue weighted by Gasteiger charge is 2.30. The van der Waals surface area contributed by atoms with E-state index in [1.165, 1.54) is 173 Å². The molecular formula is C66H36O2. The van der Waals surface area contributed by atoms with Crippen molar-refractivity contribution in [2.24, 2.45) is 0 Å². The summed E-state index contributed by atoms with van der Waals surface area (Å²) >= 11 is 0. The molecule has 0 fully saturated rings. The van der Waals surface area contributed by atoms with Gasteiger partial charge in [-0.2, -0.15) is 0 Å². The van der Waals surface area contributed by atoms with Crippen molar-refractivity contribution in [2.75, 3.05) is 14.2 Å². The quantitative estimate of drug-likeness (QED) is 0.130. The first-order valence-corrected chi connectivity index (χ1v) is 23.7. The van der Waals surface area contributed by atoms with Gasteiger partial charge in [-0.25, -0.2) is 0 Å². The molecule has 0 aromatic heterocycles. The van der Waals surface area contributed by atoms with Crippen molar-refractivity contribution in [3.8, 4) is 33.8 Å². The number of hydrogen-bond acceptors (Lipinski definition) is 2. The Bertz CT molecular complexity index is 4670. The maximum atomic E-state index is 6.07. The molecule has 0 saturated heterocycles. The lowest BCUT2D eigenvalue weighted by Gasteiger charge is -2.15. The second-order valence-corrected chi connectivity index (χ2v) is 19.2. The molecule has 0 amide bonds. The van der Waals surface area contributed by atoms with Crippen LogP contribution in [0.4, 0.5) is 0 Å².